The van der Waals surface area contributed by atoms with Crippen LogP contribution in [-0.4, -0.2) is 13.2 Å². The van der Waals surface area contributed by atoms with E-state index in [1.165, 1.54) is 10.4 Å². The van der Waals surface area contributed by atoms with Crippen LogP contribution in [-0.2, 0) is 0 Å². The Kier molecular flexibility index (Phi) is 4.15. The van der Waals surface area contributed by atoms with Gasteiger partial charge in [-0.05, 0) is 45.8 Å². The lowest BCUT2D eigenvalue weighted by Crippen LogP contribution is -1.97. The second kappa shape index (κ2) is 5.85. The van der Waals surface area contributed by atoms with Crippen LogP contribution in [0.5, 0.6) is 11.5 Å². The van der Waals surface area contributed by atoms with Crippen LogP contribution in [0.4, 0.5) is 0 Å². The zero-order valence-corrected chi connectivity index (χ0v) is 14.1. The van der Waals surface area contributed by atoms with Crippen molar-refractivity contribution in [1.82, 2.24) is 0 Å². The first kappa shape index (κ1) is 13.5. The molecule has 19 heavy (non-hydrogen) atoms. The standard InChI is InChI=1S/C14H12Br2O2S/c15-13-5-4-12(19-13)14(16)9-2-3-10-11(8-9)18-7-1-6-17-10/h2-5,8,14H,1,6-7H2. The Hall–Kier alpha value is -0.520. The van der Waals surface area contributed by atoms with Crippen LogP contribution >= 0.6 is 43.2 Å². The lowest BCUT2D eigenvalue weighted by atomic mass is 10.1. The first-order valence-corrected chi connectivity index (χ1v) is 8.55. The predicted molar refractivity (Wildman–Crippen MR) is 84.8 cm³/mol. The topological polar surface area (TPSA) is 18.5 Å². The maximum absolute atomic E-state index is 5.73. The van der Waals surface area contributed by atoms with Crippen LogP contribution in [0.2, 0.25) is 0 Å². The molecule has 100 valence electrons. The average molecular weight is 404 g/mol. The Morgan fingerprint density at radius 1 is 1.05 bits per heavy atom. The summed E-state index contributed by atoms with van der Waals surface area (Å²) in [6.45, 7) is 1.44. The van der Waals surface area contributed by atoms with E-state index < -0.39 is 0 Å². The zero-order chi connectivity index (χ0) is 13.2. The quantitative estimate of drug-likeness (QED) is 0.645. The number of rotatable bonds is 2. The fraction of sp³-hybridized carbons (Fsp3) is 0.286. The summed E-state index contributed by atoms with van der Waals surface area (Å²) < 4.78 is 12.5. The van der Waals surface area contributed by atoms with E-state index in [-0.39, 0.29) is 4.83 Å². The average Bonchev–Trinajstić information content (AvgIpc) is 2.72. The number of hydrogen-bond acceptors (Lipinski definition) is 3. The first-order chi connectivity index (χ1) is 9.24. The van der Waals surface area contributed by atoms with Gasteiger partial charge in [-0.1, -0.05) is 22.0 Å². The second-order valence-electron chi connectivity index (χ2n) is 4.26. The third-order valence-corrected chi connectivity index (χ3v) is 5.92. The van der Waals surface area contributed by atoms with Crippen molar-refractivity contribution in [3.8, 4) is 11.5 Å². The van der Waals surface area contributed by atoms with Crippen molar-refractivity contribution < 1.29 is 9.47 Å². The molecule has 1 aromatic carbocycles. The van der Waals surface area contributed by atoms with E-state index >= 15 is 0 Å². The van der Waals surface area contributed by atoms with E-state index in [1.54, 1.807) is 11.3 Å². The molecule has 0 radical (unpaired) electrons. The van der Waals surface area contributed by atoms with E-state index in [9.17, 15) is 0 Å². The number of ether oxygens (including phenoxy) is 2. The van der Waals surface area contributed by atoms with Crippen molar-refractivity contribution in [2.75, 3.05) is 13.2 Å². The molecule has 0 N–H and O–H groups in total. The normalized spacial score (nSPS) is 15.9. The molecule has 1 aliphatic heterocycles. The van der Waals surface area contributed by atoms with Gasteiger partial charge in [0.1, 0.15) is 0 Å². The summed E-state index contributed by atoms with van der Waals surface area (Å²) in [7, 11) is 0. The minimum absolute atomic E-state index is 0.181. The Morgan fingerprint density at radius 3 is 2.58 bits per heavy atom. The summed E-state index contributed by atoms with van der Waals surface area (Å²) in [6, 6.07) is 10.3. The summed E-state index contributed by atoms with van der Waals surface area (Å²) in [5.41, 5.74) is 1.18. The van der Waals surface area contributed by atoms with Gasteiger partial charge in [-0.15, -0.1) is 11.3 Å². The van der Waals surface area contributed by atoms with Gasteiger partial charge >= 0.3 is 0 Å². The maximum atomic E-state index is 5.73. The van der Waals surface area contributed by atoms with Gasteiger partial charge in [0.2, 0.25) is 0 Å². The zero-order valence-electron chi connectivity index (χ0n) is 10.1. The molecule has 1 unspecified atom stereocenters. The SMILES string of the molecule is Brc1ccc(C(Br)c2ccc3c(c2)OCCCO3)s1. The van der Waals surface area contributed by atoms with E-state index in [4.69, 9.17) is 9.47 Å². The third-order valence-electron chi connectivity index (χ3n) is 2.91. The van der Waals surface area contributed by atoms with Crippen LogP contribution in [0.15, 0.2) is 34.1 Å². The lowest BCUT2D eigenvalue weighted by molar-refractivity contribution is 0.297. The van der Waals surface area contributed by atoms with Crippen molar-refractivity contribution in [2.24, 2.45) is 0 Å². The van der Waals surface area contributed by atoms with Crippen molar-refractivity contribution >= 4 is 43.2 Å². The molecule has 2 nitrogen and oxygen atoms in total. The van der Waals surface area contributed by atoms with Crippen molar-refractivity contribution in [1.29, 1.82) is 0 Å². The van der Waals surface area contributed by atoms with Gasteiger partial charge in [-0.3, -0.25) is 0 Å². The summed E-state index contributed by atoms with van der Waals surface area (Å²) in [6.07, 6.45) is 0.930. The Bertz CT molecular complexity index is 583. The molecule has 1 aromatic heterocycles. The molecule has 0 spiro atoms. The van der Waals surface area contributed by atoms with Gasteiger partial charge in [0, 0.05) is 11.3 Å². The summed E-state index contributed by atoms with van der Waals surface area (Å²) in [4.78, 5) is 1.45. The lowest BCUT2D eigenvalue weighted by Gasteiger charge is -2.12. The van der Waals surface area contributed by atoms with Crippen molar-refractivity contribution in [3.63, 3.8) is 0 Å². The molecule has 1 atom stereocenters. The maximum Gasteiger partial charge on any atom is 0.161 e. The Balaban J connectivity index is 1.91. The Labute approximate surface area is 133 Å². The fourth-order valence-electron chi connectivity index (χ4n) is 1.97. The van der Waals surface area contributed by atoms with Crippen LogP contribution < -0.4 is 9.47 Å². The highest BCUT2D eigenvalue weighted by atomic mass is 79.9. The largest absolute Gasteiger partial charge is 0.490 e. The molecule has 0 saturated heterocycles. The van der Waals surface area contributed by atoms with Gasteiger partial charge < -0.3 is 9.47 Å². The van der Waals surface area contributed by atoms with E-state index in [0.717, 1.165) is 28.3 Å². The highest BCUT2D eigenvalue weighted by Gasteiger charge is 2.17. The van der Waals surface area contributed by atoms with Gasteiger partial charge in [-0.2, -0.15) is 0 Å². The highest BCUT2D eigenvalue weighted by molar-refractivity contribution is 9.11. The van der Waals surface area contributed by atoms with E-state index in [0.29, 0.717) is 6.61 Å². The van der Waals surface area contributed by atoms with Gasteiger partial charge in [-0.25, -0.2) is 0 Å². The summed E-state index contributed by atoms with van der Waals surface area (Å²) in [5, 5.41) is 0. The number of thiophene rings is 1. The number of fused-ring (bicyclic) bond motifs is 1. The van der Waals surface area contributed by atoms with Gasteiger partial charge in [0.15, 0.2) is 11.5 Å². The van der Waals surface area contributed by atoms with E-state index in [1.807, 2.05) is 6.07 Å². The smallest absolute Gasteiger partial charge is 0.161 e. The Morgan fingerprint density at radius 2 is 1.84 bits per heavy atom. The molecule has 0 saturated carbocycles. The van der Waals surface area contributed by atoms with Gasteiger partial charge in [0.25, 0.3) is 0 Å². The molecule has 1 aliphatic rings. The first-order valence-electron chi connectivity index (χ1n) is 6.03. The molecular formula is C14H12Br2O2S. The molecule has 0 bridgehead atoms. The third kappa shape index (κ3) is 2.98. The minimum Gasteiger partial charge on any atom is -0.490 e. The fourth-order valence-corrected chi connectivity index (χ4v) is 4.11. The number of benzene rings is 1. The molecule has 3 rings (SSSR count). The molecule has 0 aliphatic carbocycles. The number of hydrogen-bond donors (Lipinski definition) is 0. The number of alkyl halides is 1. The summed E-state index contributed by atoms with van der Waals surface area (Å²) in [5.74, 6) is 1.68. The molecule has 0 amide bonds. The molecule has 2 aromatic rings. The van der Waals surface area contributed by atoms with Crippen LogP contribution in [0.1, 0.15) is 21.7 Å². The number of halogens is 2. The van der Waals surface area contributed by atoms with Crippen molar-refractivity contribution in [2.45, 2.75) is 11.2 Å². The highest BCUT2D eigenvalue weighted by Crippen LogP contribution is 2.40. The monoisotopic (exact) mass is 402 g/mol. The van der Waals surface area contributed by atoms with Crippen LogP contribution in [0.3, 0.4) is 0 Å². The van der Waals surface area contributed by atoms with Crippen LogP contribution in [0, 0.1) is 0 Å². The molecular weight excluding hydrogens is 392 g/mol. The summed E-state index contributed by atoms with van der Waals surface area (Å²) >= 11 is 8.97. The van der Waals surface area contributed by atoms with Crippen LogP contribution in [0.25, 0.3) is 0 Å². The predicted octanol–water partition coefficient (Wildman–Crippen LogP) is 5.16. The minimum atomic E-state index is 0.181. The molecule has 2 heterocycles. The molecule has 5 heteroatoms. The van der Waals surface area contributed by atoms with Gasteiger partial charge in [0.05, 0.1) is 21.8 Å². The van der Waals surface area contributed by atoms with E-state index in [2.05, 4.69) is 56.1 Å². The van der Waals surface area contributed by atoms with Crippen molar-refractivity contribution in [3.05, 3.63) is 44.6 Å². The second-order valence-corrected chi connectivity index (χ2v) is 7.67. The molecule has 0 fully saturated rings.